The molecule has 2 nitrogen and oxygen atoms in total. The Hall–Kier alpha value is -1.28. The predicted octanol–water partition coefficient (Wildman–Crippen LogP) is 3.02. The minimum Gasteiger partial charge on any atom is -0.346 e. The number of rotatable bonds is 1. The van der Waals surface area contributed by atoms with E-state index < -0.39 is 0 Å². The van der Waals surface area contributed by atoms with Crippen LogP contribution in [0.1, 0.15) is 17.3 Å². The van der Waals surface area contributed by atoms with Crippen molar-refractivity contribution in [1.29, 1.82) is 0 Å². The highest BCUT2D eigenvalue weighted by Crippen LogP contribution is 2.20. The van der Waals surface area contributed by atoms with E-state index in [2.05, 4.69) is 4.98 Å². The highest BCUT2D eigenvalue weighted by molar-refractivity contribution is 6.30. The van der Waals surface area contributed by atoms with E-state index >= 15 is 0 Å². The van der Waals surface area contributed by atoms with Gasteiger partial charge in [-0.1, -0.05) is 11.6 Å². The third-order valence-corrected chi connectivity index (χ3v) is 2.20. The summed E-state index contributed by atoms with van der Waals surface area (Å²) in [5.74, 6) is 0.0687. The number of benzene rings is 1. The number of halogens is 1. The molecule has 66 valence electrons. The lowest BCUT2D eigenvalue weighted by atomic mass is 10.1. The fourth-order valence-corrected chi connectivity index (χ4v) is 1.54. The quantitative estimate of drug-likeness (QED) is 0.694. The van der Waals surface area contributed by atoms with Crippen molar-refractivity contribution < 1.29 is 4.79 Å². The van der Waals surface area contributed by atoms with E-state index in [9.17, 15) is 4.79 Å². The van der Waals surface area contributed by atoms with Crippen LogP contribution in [-0.2, 0) is 0 Å². The SMILES string of the molecule is CC(=O)c1ccc2[nH]c(Cl)cc2c1. The van der Waals surface area contributed by atoms with E-state index in [-0.39, 0.29) is 5.78 Å². The van der Waals surface area contributed by atoms with Gasteiger partial charge in [-0.2, -0.15) is 0 Å². The van der Waals surface area contributed by atoms with Gasteiger partial charge in [-0.3, -0.25) is 4.79 Å². The molecule has 2 rings (SSSR count). The van der Waals surface area contributed by atoms with Gasteiger partial charge in [-0.25, -0.2) is 0 Å². The second-order valence-electron chi connectivity index (χ2n) is 2.98. The Kier molecular flexibility index (Phi) is 1.85. The van der Waals surface area contributed by atoms with Crippen LogP contribution in [0.15, 0.2) is 24.3 Å². The summed E-state index contributed by atoms with van der Waals surface area (Å²) in [6.07, 6.45) is 0. The van der Waals surface area contributed by atoms with E-state index in [1.54, 1.807) is 13.0 Å². The Morgan fingerprint density at radius 2 is 2.15 bits per heavy atom. The first-order valence-corrected chi connectivity index (χ1v) is 4.34. The maximum absolute atomic E-state index is 11.1. The molecule has 3 heteroatoms. The molecule has 0 spiro atoms. The molecule has 0 aliphatic heterocycles. The van der Waals surface area contributed by atoms with Gasteiger partial charge in [-0.15, -0.1) is 0 Å². The van der Waals surface area contributed by atoms with Gasteiger partial charge >= 0.3 is 0 Å². The number of ketones is 1. The van der Waals surface area contributed by atoms with Crippen LogP contribution >= 0.6 is 11.6 Å². The van der Waals surface area contributed by atoms with Crippen LogP contribution in [0.2, 0.25) is 5.15 Å². The Morgan fingerprint density at radius 3 is 2.85 bits per heavy atom. The average Bonchev–Trinajstić information content (AvgIpc) is 2.42. The van der Waals surface area contributed by atoms with Crippen molar-refractivity contribution in [3.8, 4) is 0 Å². The summed E-state index contributed by atoms with van der Waals surface area (Å²) in [5, 5.41) is 1.56. The number of fused-ring (bicyclic) bond motifs is 1. The number of nitrogens with one attached hydrogen (secondary N) is 1. The summed E-state index contributed by atoms with van der Waals surface area (Å²) in [4.78, 5) is 14.0. The Labute approximate surface area is 80.5 Å². The number of hydrogen-bond donors (Lipinski definition) is 1. The zero-order valence-corrected chi connectivity index (χ0v) is 7.85. The van der Waals surface area contributed by atoms with Gasteiger partial charge in [0.2, 0.25) is 0 Å². The van der Waals surface area contributed by atoms with Crippen LogP contribution < -0.4 is 0 Å². The highest BCUT2D eigenvalue weighted by atomic mass is 35.5. The van der Waals surface area contributed by atoms with Crippen molar-refractivity contribution >= 4 is 28.3 Å². The van der Waals surface area contributed by atoms with Crippen LogP contribution in [0.3, 0.4) is 0 Å². The molecule has 0 atom stereocenters. The molecule has 1 N–H and O–H groups in total. The molecule has 0 amide bonds. The molecule has 0 unspecified atom stereocenters. The first-order chi connectivity index (χ1) is 6.16. The number of carbonyl (C=O) groups excluding carboxylic acids is 1. The number of H-pyrrole nitrogens is 1. The van der Waals surface area contributed by atoms with Gasteiger partial charge in [0, 0.05) is 16.5 Å². The van der Waals surface area contributed by atoms with Crippen LogP contribution in [0.4, 0.5) is 0 Å². The molecule has 2 aromatic rings. The first kappa shape index (κ1) is 8.32. The summed E-state index contributed by atoms with van der Waals surface area (Å²) in [6, 6.07) is 7.29. The van der Waals surface area contributed by atoms with E-state index in [1.807, 2.05) is 18.2 Å². The van der Waals surface area contributed by atoms with Gasteiger partial charge in [0.15, 0.2) is 5.78 Å². The third-order valence-electron chi connectivity index (χ3n) is 1.99. The molecular formula is C10H8ClNO. The summed E-state index contributed by atoms with van der Waals surface area (Å²) in [7, 11) is 0. The lowest BCUT2D eigenvalue weighted by molar-refractivity contribution is 0.101. The van der Waals surface area contributed by atoms with E-state index in [4.69, 9.17) is 11.6 Å². The van der Waals surface area contributed by atoms with Crippen molar-refractivity contribution in [3.63, 3.8) is 0 Å². The number of aromatic amines is 1. The Morgan fingerprint density at radius 1 is 1.38 bits per heavy atom. The van der Waals surface area contributed by atoms with Gasteiger partial charge < -0.3 is 4.98 Å². The first-order valence-electron chi connectivity index (χ1n) is 3.96. The number of carbonyl (C=O) groups is 1. The molecule has 0 aliphatic carbocycles. The molecule has 0 bridgehead atoms. The van der Waals surface area contributed by atoms with Gasteiger partial charge in [0.05, 0.1) is 0 Å². The molecule has 0 aliphatic rings. The van der Waals surface area contributed by atoms with Crippen LogP contribution in [-0.4, -0.2) is 10.8 Å². The zero-order valence-electron chi connectivity index (χ0n) is 7.10. The fourth-order valence-electron chi connectivity index (χ4n) is 1.32. The predicted molar refractivity (Wildman–Crippen MR) is 53.3 cm³/mol. The molecule has 1 heterocycles. The summed E-state index contributed by atoms with van der Waals surface area (Å²) < 4.78 is 0. The van der Waals surface area contributed by atoms with Crippen molar-refractivity contribution in [3.05, 3.63) is 35.0 Å². The van der Waals surface area contributed by atoms with E-state index in [0.29, 0.717) is 10.7 Å². The van der Waals surface area contributed by atoms with Crippen LogP contribution in [0, 0.1) is 0 Å². The number of hydrogen-bond acceptors (Lipinski definition) is 1. The topological polar surface area (TPSA) is 32.9 Å². The van der Waals surface area contributed by atoms with Crippen molar-refractivity contribution in [2.45, 2.75) is 6.92 Å². The standard InChI is InChI=1S/C10H8ClNO/c1-6(13)7-2-3-9-8(4-7)5-10(11)12-9/h2-5,12H,1H3. The lowest BCUT2D eigenvalue weighted by Crippen LogP contribution is -1.89. The zero-order chi connectivity index (χ0) is 9.42. The second kappa shape index (κ2) is 2.89. The smallest absolute Gasteiger partial charge is 0.159 e. The molecular weight excluding hydrogens is 186 g/mol. The lowest BCUT2D eigenvalue weighted by Gasteiger charge is -1.94. The highest BCUT2D eigenvalue weighted by Gasteiger charge is 2.02. The Balaban J connectivity index is 2.67. The van der Waals surface area contributed by atoms with Crippen molar-refractivity contribution in [2.24, 2.45) is 0 Å². The summed E-state index contributed by atoms with van der Waals surface area (Å²) in [5.41, 5.74) is 1.66. The molecule has 0 saturated carbocycles. The monoisotopic (exact) mass is 193 g/mol. The number of aromatic nitrogens is 1. The molecule has 13 heavy (non-hydrogen) atoms. The largest absolute Gasteiger partial charge is 0.346 e. The molecule has 1 aromatic heterocycles. The molecule has 0 fully saturated rings. The summed E-state index contributed by atoms with van der Waals surface area (Å²) >= 11 is 5.77. The minimum atomic E-state index is 0.0687. The van der Waals surface area contributed by atoms with Crippen molar-refractivity contribution in [1.82, 2.24) is 4.98 Å². The van der Waals surface area contributed by atoms with Gasteiger partial charge in [-0.05, 0) is 31.2 Å². The van der Waals surface area contributed by atoms with E-state index in [0.717, 1.165) is 10.9 Å². The third kappa shape index (κ3) is 1.45. The maximum atomic E-state index is 11.1. The maximum Gasteiger partial charge on any atom is 0.159 e. The van der Waals surface area contributed by atoms with Crippen LogP contribution in [0.5, 0.6) is 0 Å². The van der Waals surface area contributed by atoms with Crippen molar-refractivity contribution in [2.75, 3.05) is 0 Å². The average molecular weight is 194 g/mol. The number of Topliss-reactive ketones (excluding diaryl/α,β-unsaturated/α-hetero) is 1. The minimum absolute atomic E-state index is 0.0687. The normalized spacial score (nSPS) is 10.6. The summed E-state index contributed by atoms with van der Waals surface area (Å²) in [6.45, 7) is 1.55. The second-order valence-corrected chi connectivity index (χ2v) is 3.38. The fraction of sp³-hybridized carbons (Fsp3) is 0.100. The molecule has 1 aromatic carbocycles. The van der Waals surface area contributed by atoms with Gasteiger partial charge in [0.1, 0.15) is 5.15 Å². The Bertz CT molecular complexity index is 473. The van der Waals surface area contributed by atoms with E-state index in [1.165, 1.54) is 0 Å². The van der Waals surface area contributed by atoms with Crippen LogP contribution in [0.25, 0.3) is 10.9 Å². The van der Waals surface area contributed by atoms with Gasteiger partial charge in [0.25, 0.3) is 0 Å². The molecule has 0 saturated heterocycles. The molecule has 0 radical (unpaired) electrons.